The monoisotopic (exact) mass is 290 g/mol. The highest BCUT2D eigenvalue weighted by atomic mass is 32.2. The van der Waals surface area contributed by atoms with Crippen LogP contribution in [0.25, 0.3) is 0 Å². The molecule has 1 unspecified atom stereocenters. The number of aromatic nitrogens is 1. The van der Waals surface area contributed by atoms with Crippen molar-refractivity contribution in [2.75, 3.05) is 0 Å². The van der Waals surface area contributed by atoms with E-state index in [2.05, 4.69) is 11.9 Å². The zero-order chi connectivity index (χ0) is 13.9. The lowest BCUT2D eigenvalue weighted by molar-refractivity contribution is 0.586. The molecule has 0 spiro atoms. The first-order valence-corrected chi connectivity index (χ1v) is 8.76. The summed E-state index contributed by atoms with van der Waals surface area (Å²) < 4.78 is 23.8. The van der Waals surface area contributed by atoms with Crippen LogP contribution in [0, 0.1) is 0 Å². The van der Waals surface area contributed by atoms with Crippen LogP contribution in [0.4, 0.5) is 0 Å². The Balaban J connectivity index is 3.02. The third kappa shape index (κ3) is 3.76. The summed E-state index contributed by atoms with van der Waals surface area (Å²) in [4.78, 5) is 5.47. The van der Waals surface area contributed by atoms with Crippen LogP contribution in [0.3, 0.4) is 0 Å². The van der Waals surface area contributed by atoms with Gasteiger partial charge in [0.2, 0.25) is 0 Å². The van der Waals surface area contributed by atoms with Gasteiger partial charge in [0.25, 0.3) is 0 Å². The molecule has 0 bridgehead atoms. The fraction of sp³-hybridized carbons (Fsp3) is 0.750. The van der Waals surface area contributed by atoms with Gasteiger partial charge in [-0.05, 0) is 27.2 Å². The highest BCUT2D eigenvalue weighted by Crippen LogP contribution is 2.27. The van der Waals surface area contributed by atoms with Crippen LogP contribution >= 0.6 is 11.3 Å². The number of rotatable bonds is 6. The molecule has 2 N–H and O–H groups in total. The molecule has 0 fully saturated rings. The average molecular weight is 290 g/mol. The molecule has 0 amide bonds. The highest BCUT2D eigenvalue weighted by molar-refractivity contribution is 7.91. The lowest BCUT2D eigenvalue weighted by atomic mass is 10.2. The van der Waals surface area contributed by atoms with E-state index in [9.17, 15) is 8.42 Å². The Labute approximate surface area is 114 Å². The molecule has 1 aromatic rings. The van der Waals surface area contributed by atoms with Crippen LogP contribution < -0.4 is 5.73 Å². The quantitative estimate of drug-likeness (QED) is 0.873. The van der Waals surface area contributed by atoms with Crippen molar-refractivity contribution in [2.45, 2.75) is 57.6 Å². The van der Waals surface area contributed by atoms with Gasteiger partial charge in [-0.2, -0.15) is 0 Å². The lowest BCUT2D eigenvalue weighted by Crippen LogP contribution is -2.15. The first kappa shape index (κ1) is 15.6. The molecule has 1 aromatic heterocycles. The van der Waals surface area contributed by atoms with Gasteiger partial charge in [0, 0.05) is 10.9 Å². The van der Waals surface area contributed by atoms with E-state index in [1.54, 1.807) is 13.8 Å². The molecule has 0 aliphatic heterocycles. The summed E-state index contributed by atoms with van der Waals surface area (Å²) in [6, 6.07) is -0.0837. The molecule has 18 heavy (non-hydrogen) atoms. The zero-order valence-electron chi connectivity index (χ0n) is 11.4. The van der Waals surface area contributed by atoms with Crippen LogP contribution in [0.5, 0.6) is 0 Å². The minimum absolute atomic E-state index is 0.0266. The molecule has 0 aliphatic carbocycles. The lowest BCUT2D eigenvalue weighted by Gasteiger charge is -2.04. The second kappa shape index (κ2) is 6.12. The van der Waals surface area contributed by atoms with Gasteiger partial charge in [0.05, 0.1) is 10.9 Å². The van der Waals surface area contributed by atoms with Crippen molar-refractivity contribution in [3.8, 4) is 0 Å². The van der Waals surface area contributed by atoms with Crippen LogP contribution in [0.15, 0.2) is 0 Å². The molecule has 1 heterocycles. The molecule has 0 saturated carbocycles. The summed E-state index contributed by atoms with van der Waals surface area (Å²) in [6.45, 7) is 7.38. The van der Waals surface area contributed by atoms with Gasteiger partial charge < -0.3 is 5.73 Å². The Morgan fingerprint density at radius 3 is 2.39 bits per heavy atom. The molecule has 0 radical (unpaired) electrons. The van der Waals surface area contributed by atoms with E-state index in [1.807, 2.05) is 6.92 Å². The minimum atomic E-state index is -3.09. The van der Waals surface area contributed by atoms with Crippen LogP contribution in [0.2, 0.25) is 0 Å². The number of hydrogen-bond donors (Lipinski definition) is 1. The average Bonchev–Trinajstić information content (AvgIpc) is 2.60. The number of nitrogens with zero attached hydrogens (tertiary/aromatic N) is 1. The summed E-state index contributed by atoms with van der Waals surface area (Å²) in [7, 11) is -3.09. The van der Waals surface area contributed by atoms with E-state index in [-0.39, 0.29) is 17.0 Å². The molecule has 104 valence electrons. The number of hydrogen-bond acceptors (Lipinski definition) is 5. The van der Waals surface area contributed by atoms with E-state index in [1.165, 1.54) is 11.3 Å². The molecule has 0 saturated heterocycles. The van der Waals surface area contributed by atoms with Crippen molar-refractivity contribution >= 4 is 21.2 Å². The van der Waals surface area contributed by atoms with Gasteiger partial charge in [-0.15, -0.1) is 11.3 Å². The maximum absolute atomic E-state index is 11.9. The molecule has 4 nitrogen and oxygen atoms in total. The third-order valence-electron chi connectivity index (χ3n) is 2.72. The van der Waals surface area contributed by atoms with E-state index in [4.69, 9.17) is 5.73 Å². The number of aryl methyl sites for hydroxylation is 1. The number of nitrogens with two attached hydrogens (primary N) is 1. The van der Waals surface area contributed by atoms with Gasteiger partial charge in [0.15, 0.2) is 9.84 Å². The van der Waals surface area contributed by atoms with Crippen molar-refractivity contribution in [1.82, 2.24) is 4.98 Å². The third-order valence-corrected chi connectivity index (χ3v) is 6.31. The Morgan fingerprint density at radius 1 is 1.33 bits per heavy atom. The molecular formula is C12H22N2O2S2. The maximum Gasteiger partial charge on any atom is 0.159 e. The first-order chi connectivity index (χ1) is 8.27. The minimum Gasteiger partial charge on any atom is -0.323 e. The number of thiazole rings is 1. The molecular weight excluding hydrogens is 268 g/mol. The predicted octanol–water partition coefficient (Wildman–Crippen LogP) is 2.44. The molecule has 0 aliphatic rings. The van der Waals surface area contributed by atoms with Crippen molar-refractivity contribution < 1.29 is 8.42 Å². The van der Waals surface area contributed by atoms with E-state index in [0.29, 0.717) is 5.01 Å². The van der Waals surface area contributed by atoms with E-state index >= 15 is 0 Å². The largest absolute Gasteiger partial charge is 0.323 e. The molecule has 1 rings (SSSR count). The normalized spacial score (nSPS) is 14.1. The van der Waals surface area contributed by atoms with E-state index < -0.39 is 9.84 Å². The van der Waals surface area contributed by atoms with Gasteiger partial charge in [0.1, 0.15) is 10.8 Å². The fourth-order valence-electron chi connectivity index (χ4n) is 1.59. The van der Waals surface area contributed by atoms with Crippen LogP contribution in [-0.4, -0.2) is 18.7 Å². The first-order valence-electron chi connectivity index (χ1n) is 6.23. The zero-order valence-corrected chi connectivity index (χ0v) is 13.1. The molecule has 6 heteroatoms. The van der Waals surface area contributed by atoms with Crippen molar-refractivity contribution in [3.05, 3.63) is 15.6 Å². The fourth-order valence-corrected chi connectivity index (χ4v) is 3.92. The second-order valence-electron chi connectivity index (χ2n) is 4.81. The molecule has 1 atom stereocenters. The Kier molecular flexibility index (Phi) is 5.31. The van der Waals surface area contributed by atoms with Crippen molar-refractivity contribution in [2.24, 2.45) is 5.73 Å². The summed E-state index contributed by atoms with van der Waals surface area (Å²) in [6.07, 6.45) is 1.84. The molecule has 0 aromatic carbocycles. The van der Waals surface area contributed by atoms with Gasteiger partial charge >= 0.3 is 0 Å². The Bertz CT molecular complexity index is 490. The topological polar surface area (TPSA) is 73.0 Å². The maximum atomic E-state index is 11.9. The van der Waals surface area contributed by atoms with Crippen molar-refractivity contribution in [3.63, 3.8) is 0 Å². The number of sulfone groups is 1. The summed E-state index contributed by atoms with van der Waals surface area (Å²) in [5.41, 5.74) is 6.87. The highest BCUT2D eigenvalue weighted by Gasteiger charge is 2.21. The van der Waals surface area contributed by atoms with Crippen LogP contribution in [0.1, 0.15) is 55.7 Å². The van der Waals surface area contributed by atoms with Crippen LogP contribution in [-0.2, 0) is 22.0 Å². The SMILES string of the molecule is CCCc1nc(CS(=O)(=O)C(C)C)sc1C(C)N. The summed E-state index contributed by atoms with van der Waals surface area (Å²) in [5, 5.41) is 0.300. The van der Waals surface area contributed by atoms with Crippen molar-refractivity contribution in [1.29, 1.82) is 0 Å². The Morgan fingerprint density at radius 2 is 1.94 bits per heavy atom. The predicted molar refractivity (Wildman–Crippen MR) is 76.5 cm³/mol. The smallest absolute Gasteiger partial charge is 0.159 e. The standard InChI is InChI=1S/C12H22N2O2S2/c1-5-6-10-12(9(4)13)17-11(14-10)7-18(15,16)8(2)3/h8-9H,5-7,13H2,1-4H3. The Hall–Kier alpha value is -0.460. The summed E-state index contributed by atoms with van der Waals surface area (Å²) >= 11 is 1.44. The second-order valence-corrected chi connectivity index (χ2v) is 8.49. The van der Waals surface area contributed by atoms with Gasteiger partial charge in [-0.25, -0.2) is 13.4 Å². The van der Waals surface area contributed by atoms with E-state index in [0.717, 1.165) is 23.4 Å². The van der Waals surface area contributed by atoms with Gasteiger partial charge in [-0.3, -0.25) is 0 Å². The van der Waals surface area contributed by atoms with Gasteiger partial charge in [-0.1, -0.05) is 13.3 Å². The summed E-state index contributed by atoms with van der Waals surface area (Å²) in [5.74, 6) is 0.0266.